The summed E-state index contributed by atoms with van der Waals surface area (Å²) in [7, 11) is 0. The predicted molar refractivity (Wildman–Crippen MR) is 79.0 cm³/mol. The molecule has 0 saturated heterocycles. The molecule has 2 heterocycles. The van der Waals surface area contributed by atoms with Crippen LogP contribution in [0.25, 0.3) is 17.3 Å². The second kappa shape index (κ2) is 7.21. The second-order valence-electron chi connectivity index (χ2n) is 4.38. The maximum Gasteiger partial charge on any atom is 0.370 e. The van der Waals surface area contributed by atoms with Crippen LogP contribution in [0.3, 0.4) is 0 Å². The minimum absolute atomic E-state index is 0. The Kier molecular flexibility index (Phi) is 5.32. The van der Waals surface area contributed by atoms with Gasteiger partial charge in [-0.2, -0.15) is 0 Å². The minimum atomic E-state index is 0. The molecule has 2 aromatic heterocycles. The molecular weight excluding hydrogens is 377 g/mol. The summed E-state index contributed by atoms with van der Waals surface area (Å²) in [5, 5.41) is 3.18. The van der Waals surface area contributed by atoms with Gasteiger partial charge in [0, 0.05) is 22.9 Å². The molecule has 108 valence electrons. The lowest BCUT2D eigenvalue weighted by Gasteiger charge is -1.96. The number of fused-ring (bicyclic) bond motifs is 1. The number of rotatable bonds is 4. The summed E-state index contributed by atoms with van der Waals surface area (Å²) in [4.78, 5) is 4.48. The molecule has 0 bridgehead atoms. The van der Waals surface area contributed by atoms with Crippen molar-refractivity contribution in [3.05, 3.63) is 60.8 Å². The van der Waals surface area contributed by atoms with Gasteiger partial charge in [0.05, 0.1) is 12.7 Å². The van der Waals surface area contributed by atoms with E-state index in [0.717, 1.165) is 23.5 Å². The molecule has 4 nitrogen and oxygen atoms in total. The first-order chi connectivity index (χ1) is 9.86. The molecule has 0 saturated carbocycles. The lowest BCUT2D eigenvalue weighted by molar-refractivity contribution is -0.669. The van der Waals surface area contributed by atoms with Crippen molar-refractivity contribution >= 4 is 23.0 Å². The van der Waals surface area contributed by atoms with Crippen molar-refractivity contribution in [1.82, 2.24) is 4.98 Å². The van der Waals surface area contributed by atoms with Crippen LogP contribution in [0.2, 0.25) is 0 Å². The van der Waals surface area contributed by atoms with Crippen molar-refractivity contribution in [3.63, 3.8) is 0 Å². The van der Waals surface area contributed by atoms with Gasteiger partial charge >= 0.3 is 11.5 Å². The Labute approximate surface area is 140 Å². The van der Waals surface area contributed by atoms with Gasteiger partial charge in [-0.05, 0) is 31.2 Å². The van der Waals surface area contributed by atoms with Crippen LogP contribution in [-0.4, -0.2) is 4.98 Å². The van der Waals surface area contributed by atoms with Gasteiger partial charge < -0.3 is 33.7 Å². The normalized spacial score (nSPS) is 10.7. The molecule has 0 fully saturated rings. The topological polar surface area (TPSA) is 41.9 Å². The number of nitrogens with one attached hydrogen (secondary N) is 1. The molecule has 0 aliphatic carbocycles. The number of anilines is 1. The highest BCUT2D eigenvalue weighted by Crippen LogP contribution is 2.13. The highest BCUT2D eigenvalue weighted by atomic mass is 127. The van der Waals surface area contributed by atoms with Crippen LogP contribution >= 0.6 is 0 Å². The largest absolute Gasteiger partial charge is 1.00 e. The van der Waals surface area contributed by atoms with Crippen LogP contribution in [0, 0.1) is 0 Å². The Bertz CT molecular complexity index is 738. The molecule has 0 radical (unpaired) electrons. The summed E-state index contributed by atoms with van der Waals surface area (Å²) >= 11 is 0. The fourth-order valence-corrected chi connectivity index (χ4v) is 2.03. The first kappa shape index (κ1) is 15.5. The van der Waals surface area contributed by atoms with E-state index in [4.69, 9.17) is 4.42 Å². The van der Waals surface area contributed by atoms with E-state index in [1.54, 1.807) is 0 Å². The number of halogens is 1. The molecular formula is C16H16IN3O. The van der Waals surface area contributed by atoms with Crippen LogP contribution in [0.5, 0.6) is 0 Å². The molecule has 0 amide bonds. The number of oxazole rings is 1. The van der Waals surface area contributed by atoms with Crippen LogP contribution in [0.15, 0.2) is 59.3 Å². The molecule has 3 aromatic rings. The highest BCUT2D eigenvalue weighted by Gasteiger charge is 2.15. The maximum absolute atomic E-state index is 5.69. The number of benzene rings is 1. The predicted octanol–water partition coefficient (Wildman–Crippen LogP) is 0.222. The zero-order valence-electron chi connectivity index (χ0n) is 11.7. The van der Waals surface area contributed by atoms with Gasteiger partial charge in [-0.15, -0.1) is 0 Å². The van der Waals surface area contributed by atoms with E-state index >= 15 is 0 Å². The Morgan fingerprint density at radius 3 is 2.76 bits per heavy atom. The molecule has 0 aliphatic heterocycles. The molecule has 0 atom stereocenters. The van der Waals surface area contributed by atoms with Crippen molar-refractivity contribution in [3.8, 4) is 0 Å². The Hall–Kier alpha value is -1.89. The zero-order chi connectivity index (χ0) is 13.8. The lowest BCUT2D eigenvalue weighted by Crippen LogP contribution is -3.00. The fraction of sp³-hybridized carbons (Fsp3) is 0.125. The summed E-state index contributed by atoms with van der Waals surface area (Å²) in [5.41, 5.74) is 2.70. The summed E-state index contributed by atoms with van der Waals surface area (Å²) in [6.07, 6.45) is 5.66. The van der Waals surface area contributed by atoms with Gasteiger partial charge in [0.25, 0.3) is 0 Å². The van der Waals surface area contributed by atoms with E-state index in [9.17, 15) is 0 Å². The number of nitrogens with zero attached hydrogens (tertiary/aromatic N) is 2. The summed E-state index contributed by atoms with van der Waals surface area (Å²) in [6, 6.07) is 13.9. The van der Waals surface area contributed by atoms with Crippen LogP contribution in [0.4, 0.5) is 5.69 Å². The van der Waals surface area contributed by atoms with Crippen LogP contribution < -0.4 is 33.9 Å². The summed E-state index contributed by atoms with van der Waals surface area (Å²) in [6.45, 7) is 2.95. The molecule has 0 unspecified atom stereocenters. The number of aromatic nitrogens is 2. The average molecular weight is 393 g/mol. The summed E-state index contributed by atoms with van der Waals surface area (Å²) in [5.74, 6) is 0.594. The van der Waals surface area contributed by atoms with Gasteiger partial charge in [0.15, 0.2) is 0 Å². The highest BCUT2D eigenvalue weighted by molar-refractivity contribution is 5.66. The molecule has 5 heteroatoms. The first-order valence-electron chi connectivity index (χ1n) is 6.64. The number of hydrogen-bond acceptors (Lipinski definition) is 3. The minimum Gasteiger partial charge on any atom is -1.00 e. The van der Waals surface area contributed by atoms with Crippen LogP contribution in [0.1, 0.15) is 12.8 Å². The Morgan fingerprint density at radius 2 is 2.00 bits per heavy atom. The quantitative estimate of drug-likeness (QED) is 0.510. The van der Waals surface area contributed by atoms with E-state index < -0.39 is 0 Å². The number of pyridine rings is 1. The van der Waals surface area contributed by atoms with Gasteiger partial charge in [0.1, 0.15) is 0 Å². The fourth-order valence-electron chi connectivity index (χ4n) is 2.03. The smallest absolute Gasteiger partial charge is 0.370 e. The van der Waals surface area contributed by atoms with Crippen molar-refractivity contribution in [2.45, 2.75) is 13.5 Å². The number of para-hydroxylation sites is 1. The zero-order valence-corrected chi connectivity index (χ0v) is 13.8. The third kappa shape index (κ3) is 3.60. The van der Waals surface area contributed by atoms with Crippen LogP contribution in [-0.2, 0) is 6.54 Å². The van der Waals surface area contributed by atoms with Crippen molar-refractivity contribution in [2.24, 2.45) is 0 Å². The Morgan fingerprint density at radius 1 is 1.19 bits per heavy atom. The van der Waals surface area contributed by atoms with Gasteiger partial charge in [-0.1, -0.05) is 18.2 Å². The van der Waals surface area contributed by atoms with Crippen molar-refractivity contribution in [1.29, 1.82) is 0 Å². The second-order valence-corrected chi connectivity index (χ2v) is 4.38. The standard InChI is InChI=1S/C16H15N3O.HI/c1-2-19-12-6-9-14-16(19)18-15(20-14)10-11-17-13-7-4-3-5-8-13;/h3-12H,2H2,1H3;1H. The van der Waals surface area contributed by atoms with E-state index in [1.165, 1.54) is 0 Å². The van der Waals surface area contributed by atoms with Crippen molar-refractivity contribution in [2.75, 3.05) is 5.32 Å². The van der Waals surface area contributed by atoms with Gasteiger partial charge in [0.2, 0.25) is 5.58 Å². The average Bonchev–Trinajstić information content (AvgIpc) is 2.91. The van der Waals surface area contributed by atoms with Gasteiger partial charge in [-0.3, -0.25) is 0 Å². The molecule has 0 spiro atoms. The van der Waals surface area contributed by atoms with Gasteiger partial charge in [-0.25, -0.2) is 4.57 Å². The first-order valence-corrected chi connectivity index (χ1v) is 6.64. The van der Waals surface area contributed by atoms with E-state index in [0.29, 0.717) is 5.89 Å². The lowest BCUT2D eigenvalue weighted by atomic mass is 10.3. The van der Waals surface area contributed by atoms with E-state index in [-0.39, 0.29) is 24.0 Å². The maximum atomic E-state index is 5.69. The molecule has 3 rings (SSSR count). The van der Waals surface area contributed by atoms with Crippen molar-refractivity contribution < 1.29 is 33.0 Å². The van der Waals surface area contributed by atoms with E-state index in [2.05, 4.69) is 21.8 Å². The number of hydrogen-bond donors (Lipinski definition) is 1. The molecule has 1 aromatic carbocycles. The molecule has 1 N–H and O–H groups in total. The monoisotopic (exact) mass is 393 g/mol. The molecule has 21 heavy (non-hydrogen) atoms. The third-order valence-corrected chi connectivity index (χ3v) is 3.03. The number of aryl methyl sites for hydroxylation is 1. The third-order valence-electron chi connectivity index (χ3n) is 3.03. The summed E-state index contributed by atoms with van der Waals surface area (Å²) < 4.78 is 7.75. The SMILES string of the molecule is CC[n+]1cccc2oc(C=CNc3ccccc3)nc21.[I-]. The van der Waals surface area contributed by atoms with E-state index in [1.807, 2.05) is 60.9 Å². The Balaban J connectivity index is 0.00000161. The molecule has 0 aliphatic rings.